The van der Waals surface area contributed by atoms with Gasteiger partial charge in [0.1, 0.15) is 11.9 Å². The summed E-state index contributed by atoms with van der Waals surface area (Å²) in [5, 5.41) is 13.2. The lowest BCUT2D eigenvalue weighted by Crippen LogP contribution is -2.54. The van der Waals surface area contributed by atoms with Crippen LogP contribution in [0.25, 0.3) is 0 Å². The van der Waals surface area contributed by atoms with E-state index in [2.05, 4.69) is 61.3 Å². The van der Waals surface area contributed by atoms with Crippen molar-refractivity contribution >= 4 is 12.0 Å². The summed E-state index contributed by atoms with van der Waals surface area (Å²) in [6.07, 6.45) is 12.7. The van der Waals surface area contributed by atoms with E-state index in [1.54, 1.807) is 12.0 Å². The normalized spacial score (nSPS) is 30.8. The van der Waals surface area contributed by atoms with Gasteiger partial charge in [-0.25, -0.2) is 4.79 Å². The molecule has 2 bridgehead atoms. The van der Waals surface area contributed by atoms with Gasteiger partial charge in [-0.2, -0.15) is 0 Å². The highest BCUT2D eigenvalue weighted by atomic mass is 16.6. The molecule has 9 heteroatoms. The van der Waals surface area contributed by atoms with E-state index in [4.69, 9.17) is 14.5 Å². The number of aromatic nitrogens is 1. The van der Waals surface area contributed by atoms with E-state index in [-0.39, 0.29) is 40.9 Å². The number of β-amino-alcohol motifs (C(OH)–C–C–N with tert-alkyl or cyclic N) is 1. The molecule has 2 N–H and O–H groups in total. The lowest BCUT2D eigenvalue weighted by molar-refractivity contribution is -0.129. The topological polar surface area (TPSA) is 104 Å². The van der Waals surface area contributed by atoms with Gasteiger partial charge < -0.3 is 29.7 Å². The average molecular weight is 687 g/mol. The first-order valence-corrected chi connectivity index (χ1v) is 19.4. The molecular formula is C41H58N4O5. The summed E-state index contributed by atoms with van der Waals surface area (Å²) >= 11 is 0. The highest BCUT2D eigenvalue weighted by Crippen LogP contribution is 2.62. The highest BCUT2D eigenvalue weighted by Gasteiger charge is 2.54. The van der Waals surface area contributed by atoms with Crippen molar-refractivity contribution in [3.8, 4) is 5.75 Å². The minimum atomic E-state index is -0.446. The number of aliphatic hydroxyl groups excluding tert-OH is 1. The van der Waals surface area contributed by atoms with Crippen LogP contribution in [0.4, 0.5) is 4.79 Å². The Morgan fingerprint density at radius 1 is 0.960 bits per heavy atom. The molecule has 1 aromatic heterocycles. The van der Waals surface area contributed by atoms with Crippen LogP contribution >= 0.6 is 0 Å². The fourth-order valence-corrected chi connectivity index (χ4v) is 9.98. The molecule has 6 aliphatic rings. The van der Waals surface area contributed by atoms with Gasteiger partial charge in [0.25, 0.3) is 0 Å². The number of likely N-dealkylation sites (tertiary alicyclic amines) is 2. The average Bonchev–Trinajstić information content (AvgIpc) is 3.13. The Labute approximate surface area is 298 Å². The predicted molar refractivity (Wildman–Crippen MR) is 193 cm³/mol. The molecule has 1 aromatic carbocycles. The summed E-state index contributed by atoms with van der Waals surface area (Å²) in [4.78, 5) is 35.8. The van der Waals surface area contributed by atoms with Crippen molar-refractivity contribution in [3.63, 3.8) is 0 Å². The number of piperidine rings is 1. The summed E-state index contributed by atoms with van der Waals surface area (Å²) in [6, 6.07) is 11.7. The number of carbonyl (C=O) groups is 2. The molecule has 2 saturated heterocycles. The van der Waals surface area contributed by atoms with Crippen molar-refractivity contribution in [1.29, 1.82) is 0 Å². The fourth-order valence-electron chi connectivity index (χ4n) is 9.98. The van der Waals surface area contributed by atoms with Crippen molar-refractivity contribution < 1.29 is 24.2 Å². The van der Waals surface area contributed by atoms with Crippen LogP contribution in [0.15, 0.2) is 36.5 Å². The van der Waals surface area contributed by atoms with Gasteiger partial charge in [-0.1, -0.05) is 12.1 Å². The molecule has 2 aromatic rings. The molecule has 2 amide bonds. The Kier molecular flexibility index (Phi) is 10.2. The van der Waals surface area contributed by atoms with E-state index in [0.29, 0.717) is 50.7 Å². The standard InChI is InChI=1S/C41H58N4O5/c1-27(2)44-21-5-6-31(24-44)30-13-20-42-35(23-30)37(43-38(47)29-7-10-34(11-8-29)50-39(48)45-25-33(46)26-45)41-17-14-40(15-18-41,16-19-41)32-9-12-36(49-4)28(3)22-32/h9,12-13,20,22-23,27,29,31,33-34,37,46H,5-8,10-11,14-19,21,24-26H2,1-4H3,(H,43,47). The number of aryl methyl sites for hydroxylation is 1. The van der Waals surface area contributed by atoms with Gasteiger partial charge in [0.2, 0.25) is 5.91 Å². The maximum absolute atomic E-state index is 14.2. The van der Waals surface area contributed by atoms with Gasteiger partial charge in [-0.15, -0.1) is 0 Å². The van der Waals surface area contributed by atoms with Gasteiger partial charge in [-0.3, -0.25) is 9.78 Å². The molecule has 50 heavy (non-hydrogen) atoms. The molecule has 8 rings (SSSR count). The number of amides is 2. The molecule has 6 fully saturated rings. The van der Waals surface area contributed by atoms with Crippen LogP contribution in [-0.2, 0) is 14.9 Å². The molecule has 4 saturated carbocycles. The molecular weight excluding hydrogens is 628 g/mol. The van der Waals surface area contributed by atoms with Crippen LogP contribution in [0, 0.1) is 18.3 Å². The number of benzene rings is 1. The number of hydrogen-bond acceptors (Lipinski definition) is 7. The third-order valence-corrected chi connectivity index (χ3v) is 13.4. The van der Waals surface area contributed by atoms with Crippen LogP contribution in [-0.4, -0.2) is 83.4 Å². The number of methoxy groups -OCH3 is 1. The zero-order valence-electron chi connectivity index (χ0n) is 30.7. The number of nitrogens with zero attached hydrogens (tertiary/aromatic N) is 3. The second kappa shape index (κ2) is 14.5. The number of nitrogens with one attached hydrogen (secondary N) is 1. The first kappa shape index (κ1) is 35.2. The molecule has 2 atom stereocenters. The maximum Gasteiger partial charge on any atom is 0.410 e. The summed E-state index contributed by atoms with van der Waals surface area (Å²) in [5.74, 6) is 1.42. The Bertz CT molecular complexity index is 1510. The maximum atomic E-state index is 14.2. The quantitative estimate of drug-likeness (QED) is 0.299. The van der Waals surface area contributed by atoms with Gasteiger partial charge in [0, 0.05) is 24.7 Å². The van der Waals surface area contributed by atoms with Crippen LogP contribution in [0.5, 0.6) is 5.75 Å². The van der Waals surface area contributed by atoms with Crippen LogP contribution < -0.4 is 10.1 Å². The third kappa shape index (κ3) is 7.01. The van der Waals surface area contributed by atoms with Crippen molar-refractivity contribution in [1.82, 2.24) is 20.1 Å². The number of aliphatic hydroxyl groups is 1. The third-order valence-electron chi connectivity index (χ3n) is 13.4. The van der Waals surface area contributed by atoms with Gasteiger partial charge >= 0.3 is 6.09 Å². The number of rotatable bonds is 9. The number of carbonyl (C=O) groups excluding carboxylic acids is 2. The van der Waals surface area contributed by atoms with Gasteiger partial charge in [-0.05, 0) is 156 Å². The first-order chi connectivity index (χ1) is 24.1. The summed E-state index contributed by atoms with van der Waals surface area (Å²) in [7, 11) is 1.74. The summed E-state index contributed by atoms with van der Waals surface area (Å²) < 4.78 is 11.3. The number of fused-ring (bicyclic) bond motifs is 3. The van der Waals surface area contributed by atoms with E-state index in [9.17, 15) is 14.7 Å². The fraction of sp³-hybridized carbons (Fsp3) is 0.683. The lowest BCUT2D eigenvalue weighted by atomic mass is 9.49. The Morgan fingerprint density at radius 2 is 1.68 bits per heavy atom. The van der Waals surface area contributed by atoms with E-state index >= 15 is 0 Å². The van der Waals surface area contributed by atoms with Crippen LogP contribution in [0.2, 0.25) is 0 Å². The highest BCUT2D eigenvalue weighted by molar-refractivity contribution is 5.79. The minimum Gasteiger partial charge on any atom is -0.496 e. The monoisotopic (exact) mass is 686 g/mol. The van der Waals surface area contributed by atoms with E-state index in [0.717, 1.165) is 63.1 Å². The molecule has 0 spiro atoms. The largest absolute Gasteiger partial charge is 0.496 e. The van der Waals surface area contributed by atoms with E-state index < -0.39 is 6.10 Å². The number of hydrogen-bond donors (Lipinski definition) is 2. The SMILES string of the molecule is COc1ccc(C23CCC(C(NC(=O)C4CCC(OC(=O)N5CC(O)C5)CC4)c4cc(C5CCCN(C(C)C)C5)ccn4)(CC2)CC3)cc1C. The van der Waals surface area contributed by atoms with Gasteiger partial charge in [0.15, 0.2) is 0 Å². The second-order valence-electron chi connectivity index (χ2n) is 16.6. The molecule has 3 heterocycles. The minimum absolute atomic E-state index is 0.0321. The molecule has 9 nitrogen and oxygen atoms in total. The zero-order chi connectivity index (χ0) is 35.0. The molecule has 272 valence electrons. The molecule has 2 unspecified atom stereocenters. The van der Waals surface area contributed by atoms with E-state index in [1.807, 2.05) is 6.20 Å². The summed E-state index contributed by atoms with van der Waals surface area (Å²) in [5.41, 5.74) is 5.13. The lowest BCUT2D eigenvalue weighted by Gasteiger charge is -2.56. The number of pyridine rings is 1. The predicted octanol–water partition coefficient (Wildman–Crippen LogP) is 6.81. The molecule has 0 radical (unpaired) electrons. The molecule has 4 aliphatic carbocycles. The van der Waals surface area contributed by atoms with Gasteiger partial charge in [0.05, 0.1) is 38.0 Å². The first-order valence-electron chi connectivity index (χ1n) is 19.4. The van der Waals surface area contributed by atoms with Crippen molar-refractivity contribution in [2.24, 2.45) is 11.3 Å². The van der Waals surface area contributed by atoms with Crippen molar-refractivity contribution in [2.45, 2.75) is 133 Å². The zero-order valence-corrected chi connectivity index (χ0v) is 30.7. The van der Waals surface area contributed by atoms with Crippen LogP contribution in [0.3, 0.4) is 0 Å². The summed E-state index contributed by atoms with van der Waals surface area (Å²) in [6.45, 7) is 9.63. The van der Waals surface area contributed by atoms with Crippen LogP contribution in [0.1, 0.15) is 125 Å². The van der Waals surface area contributed by atoms with Crippen molar-refractivity contribution in [3.05, 3.63) is 58.9 Å². The van der Waals surface area contributed by atoms with E-state index in [1.165, 1.54) is 29.5 Å². The molecule has 2 aliphatic heterocycles. The second-order valence-corrected chi connectivity index (χ2v) is 16.6. The Balaban J connectivity index is 1.09. The number of ether oxygens (including phenoxy) is 2. The smallest absolute Gasteiger partial charge is 0.410 e. The Morgan fingerprint density at radius 3 is 2.32 bits per heavy atom. The van der Waals surface area contributed by atoms with Crippen molar-refractivity contribution in [2.75, 3.05) is 33.3 Å². The Hall–Kier alpha value is -3.17.